The first kappa shape index (κ1) is 20.8. The van der Waals surface area contributed by atoms with Gasteiger partial charge in [-0.1, -0.05) is 6.07 Å². The van der Waals surface area contributed by atoms with Gasteiger partial charge in [0.15, 0.2) is 0 Å². The molecule has 0 saturated heterocycles. The second-order valence-corrected chi connectivity index (χ2v) is 7.26. The first-order valence-corrected chi connectivity index (χ1v) is 9.86. The number of nitrogens with zero attached hydrogens (tertiary/aromatic N) is 3. The van der Waals surface area contributed by atoms with E-state index in [4.69, 9.17) is 10.5 Å². The summed E-state index contributed by atoms with van der Waals surface area (Å²) in [5.41, 5.74) is 6.90. The number of imidazole rings is 1. The Labute approximate surface area is 170 Å². The average Bonchev–Trinajstić information content (AvgIpc) is 3.18. The highest BCUT2D eigenvalue weighted by atomic mass is 16.5. The quantitative estimate of drug-likeness (QED) is 0.610. The number of methoxy groups -OCH3 is 1. The van der Waals surface area contributed by atoms with Gasteiger partial charge in [-0.25, -0.2) is 9.97 Å². The number of ether oxygens (including phenoxy) is 1. The molecule has 0 bridgehead atoms. The highest BCUT2D eigenvalue weighted by molar-refractivity contribution is 5.92. The molecule has 1 saturated carbocycles. The molecule has 0 radical (unpaired) electrons. The van der Waals surface area contributed by atoms with Crippen LogP contribution in [0.5, 0.6) is 0 Å². The van der Waals surface area contributed by atoms with Crippen molar-refractivity contribution in [2.24, 2.45) is 5.92 Å². The monoisotopic (exact) mass is 400 g/mol. The molecule has 29 heavy (non-hydrogen) atoms. The van der Waals surface area contributed by atoms with Crippen LogP contribution in [0.25, 0.3) is 0 Å². The van der Waals surface area contributed by atoms with Crippen LogP contribution in [0.2, 0.25) is 0 Å². The van der Waals surface area contributed by atoms with Crippen LogP contribution in [0.1, 0.15) is 41.9 Å². The maximum atomic E-state index is 12.5. The minimum absolute atomic E-state index is 0.0380. The minimum Gasteiger partial charge on any atom is -0.384 e. The highest BCUT2D eigenvalue weighted by Crippen LogP contribution is 2.25. The molecule has 0 aliphatic heterocycles. The zero-order valence-electron chi connectivity index (χ0n) is 16.6. The third-order valence-electron chi connectivity index (χ3n) is 5.22. The lowest BCUT2D eigenvalue weighted by Gasteiger charge is -2.28. The number of carbonyl (C=O) groups is 2. The molecule has 3 rings (SSSR count). The number of pyridine rings is 1. The average molecular weight is 400 g/mol. The van der Waals surface area contributed by atoms with Crippen LogP contribution in [0.3, 0.4) is 0 Å². The van der Waals surface area contributed by atoms with E-state index in [0.717, 1.165) is 31.4 Å². The molecule has 9 nitrogen and oxygen atoms in total. The van der Waals surface area contributed by atoms with Crippen LogP contribution in [-0.2, 0) is 22.6 Å². The number of hydrogen-bond acceptors (Lipinski definition) is 6. The topological polar surface area (TPSA) is 124 Å². The Kier molecular flexibility index (Phi) is 7.18. The van der Waals surface area contributed by atoms with Crippen LogP contribution in [-0.4, -0.2) is 46.1 Å². The lowest BCUT2D eigenvalue weighted by atomic mass is 9.85. The van der Waals surface area contributed by atoms with Gasteiger partial charge in [0.05, 0.1) is 25.2 Å². The maximum Gasteiger partial charge on any atom is 0.270 e. The van der Waals surface area contributed by atoms with Crippen LogP contribution in [0.4, 0.5) is 5.82 Å². The zero-order chi connectivity index (χ0) is 20.6. The van der Waals surface area contributed by atoms with Gasteiger partial charge in [0.2, 0.25) is 5.91 Å². The summed E-state index contributed by atoms with van der Waals surface area (Å²) >= 11 is 0. The van der Waals surface area contributed by atoms with Gasteiger partial charge in [0.25, 0.3) is 5.91 Å². The normalized spacial score (nSPS) is 18.9. The number of nitrogen functional groups attached to an aromatic ring is 1. The number of carbonyl (C=O) groups excluding carboxylic acids is 2. The van der Waals surface area contributed by atoms with E-state index in [1.54, 1.807) is 37.8 Å². The van der Waals surface area contributed by atoms with E-state index >= 15 is 0 Å². The summed E-state index contributed by atoms with van der Waals surface area (Å²) in [5.74, 6) is 0.104. The van der Waals surface area contributed by atoms with E-state index in [2.05, 4.69) is 20.6 Å². The predicted octanol–water partition coefficient (Wildman–Crippen LogP) is 1.11. The molecule has 2 aromatic rings. The second-order valence-electron chi connectivity index (χ2n) is 7.26. The smallest absolute Gasteiger partial charge is 0.270 e. The van der Waals surface area contributed by atoms with Gasteiger partial charge in [-0.05, 0) is 37.8 Å². The molecule has 0 aromatic carbocycles. The number of hydrogen-bond donors (Lipinski definition) is 3. The van der Waals surface area contributed by atoms with E-state index in [0.29, 0.717) is 31.2 Å². The zero-order valence-corrected chi connectivity index (χ0v) is 16.6. The molecule has 4 N–H and O–H groups in total. The molecular weight excluding hydrogens is 372 g/mol. The SMILES string of the molecule is COCCn1cncc1CNC(=O)C1CCC(NC(=O)c2cccc(N)n2)CC1. The molecule has 156 valence electrons. The van der Waals surface area contributed by atoms with Crippen molar-refractivity contribution in [3.05, 3.63) is 42.1 Å². The Balaban J connectivity index is 1.42. The van der Waals surface area contributed by atoms with Gasteiger partial charge < -0.3 is 25.7 Å². The summed E-state index contributed by atoms with van der Waals surface area (Å²) in [7, 11) is 1.66. The number of nitrogens with two attached hydrogens (primary N) is 1. The second kappa shape index (κ2) is 10.0. The fourth-order valence-corrected chi connectivity index (χ4v) is 3.55. The first-order valence-electron chi connectivity index (χ1n) is 9.86. The summed E-state index contributed by atoms with van der Waals surface area (Å²) in [6.07, 6.45) is 6.50. The molecule has 9 heteroatoms. The standard InChI is InChI=1S/C20H28N6O3/c1-29-10-9-26-13-22-11-16(26)12-23-19(27)14-5-7-15(8-6-14)24-20(28)17-3-2-4-18(21)25-17/h2-4,11,13-15H,5-10,12H2,1H3,(H2,21,25)(H,23,27)(H,24,28). The summed E-state index contributed by atoms with van der Waals surface area (Å²) in [4.78, 5) is 33.0. The van der Waals surface area contributed by atoms with Crippen LogP contribution < -0.4 is 16.4 Å². The van der Waals surface area contributed by atoms with Crippen LogP contribution in [0, 0.1) is 5.92 Å². The Hall–Kier alpha value is -2.94. The summed E-state index contributed by atoms with van der Waals surface area (Å²) in [6, 6.07) is 5.04. The minimum atomic E-state index is -0.227. The van der Waals surface area contributed by atoms with Crippen molar-refractivity contribution in [3.8, 4) is 0 Å². The van der Waals surface area contributed by atoms with Crippen LogP contribution >= 0.6 is 0 Å². The van der Waals surface area contributed by atoms with Crippen molar-refractivity contribution in [1.29, 1.82) is 0 Å². The first-order chi connectivity index (χ1) is 14.1. The third-order valence-corrected chi connectivity index (χ3v) is 5.22. The van der Waals surface area contributed by atoms with E-state index in [-0.39, 0.29) is 23.8 Å². The van der Waals surface area contributed by atoms with Gasteiger partial charge in [-0.15, -0.1) is 0 Å². The Bertz CT molecular complexity index is 829. The van der Waals surface area contributed by atoms with E-state index < -0.39 is 0 Å². The third kappa shape index (κ3) is 5.77. The fourth-order valence-electron chi connectivity index (χ4n) is 3.55. The van der Waals surface area contributed by atoms with E-state index in [1.165, 1.54) is 0 Å². The Morgan fingerprint density at radius 1 is 1.28 bits per heavy atom. The molecule has 2 aromatic heterocycles. The largest absolute Gasteiger partial charge is 0.384 e. The molecular formula is C20H28N6O3. The Morgan fingerprint density at radius 2 is 2.07 bits per heavy atom. The molecule has 1 aliphatic carbocycles. The maximum absolute atomic E-state index is 12.5. The van der Waals surface area contributed by atoms with Gasteiger partial charge in [-0.3, -0.25) is 9.59 Å². The van der Waals surface area contributed by atoms with E-state index in [1.807, 2.05) is 4.57 Å². The highest BCUT2D eigenvalue weighted by Gasteiger charge is 2.27. The molecule has 1 fully saturated rings. The number of anilines is 1. The molecule has 1 aliphatic rings. The van der Waals surface area contributed by atoms with Gasteiger partial charge >= 0.3 is 0 Å². The predicted molar refractivity (Wildman–Crippen MR) is 108 cm³/mol. The van der Waals surface area contributed by atoms with Crippen LogP contribution in [0.15, 0.2) is 30.7 Å². The van der Waals surface area contributed by atoms with Crippen molar-refractivity contribution in [2.45, 2.75) is 44.8 Å². The van der Waals surface area contributed by atoms with Gasteiger partial charge in [-0.2, -0.15) is 0 Å². The van der Waals surface area contributed by atoms with Crippen molar-refractivity contribution < 1.29 is 14.3 Å². The van der Waals surface area contributed by atoms with Gasteiger partial charge in [0.1, 0.15) is 11.5 Å². The number of amides is 2. The summed E-state index contributed by atoms with van der Waals surface area (Å²) in [6.45, 7) is 1.74. The van der Waals surface area contributed by atoms with Crippen molar-refractivity contribution in [2.75, 3.05) is 19.5 Å². The lowest BCUT2D eigenvalue weighted by molar-refractivity contribution is -0.126. The molecule has 2 amide bonds. The Morgan fingerprint density at radius 3 is 2.79 bits per heavy atom. The van der Waals surface area contributed by atoms with Crippen molar-refractivity contribution >= 4 is 17.6 Å². The summed E-state index contributed by atoms with van der Waals surface area (Å²) in [5, 5.41) is 6.00. The molecule has 2 heterocycles. The number of aromatic nitrogens is 3. The van der Waals surface area contributed by atoms with Gasteiger partial charge in [0, 0.05) is 31.8 Å². The molecule has 0 spiro atoms. The summed E-state index contributed by atoms with van der Waals surface area (Å²) < 4.78 is 7.06. The number of rotatable bonds is 8. The lowest BCUT2D eigenvalue weighted by Crippen LogP contribution is -2.41. The number of nitrogens with one attached hydrogen (secondary N) is 2. The molecule has 0 atom stereocenters. The van der Waals surface area contributed by atoms with Crippen molar-refractivity contribution in [1.82, 2.24) is 25.2 Å². The molecule has 0 unspecified atom stereocenters. The fraction of sp³-hybridized carbons (Fsp3) is 0.500. The van der Waals surface area contributed by atoms with E-state index in [9.17, 15) is 9.59 Å². The van der Waals surface area contributed by atoms with Crippen molar-refractivity contribution in [3.63, 3.8) is 0 Å².